The fraction of sp³-hybridized carbons (Fsp3) is 0.615. The van der Waals surface area contributed by atoms with E-state index in [9.17, 15) is 0 Å². The Labute approximate surface area is 97.2 Å². The monoisotopic (exact) mass is 220 g/mol. The summed E-state index contributed by atoms with van der Waals surface area (Å²) >= 11 is 0. The highest BCUT2D eigenvalue weighted by atomic mass is 16.5. The predicted molar refractivity (Wildman–Crippen MR) is 65.6 cm³/mol. The number of hydrogen-bond donors (Lipinski definition) is 1. The van der Waals surface area contributed by atoms with E-state index in [1.807, 2.05) is 25.1 Å². The molecule has 0 radical (unpaired) electrons. The summed E-state index contributed by atoms with van der Waals surface area (Å²) in [5.74, 6) is 0.979. The van der Waals surface area contributed by atoms with Gasteiger partial charge in [-0.2, -0.15) is 0 Å². The fourth-order valence-corrected chi connectivity index (χ4v) is 1.99. The van der Waals surface area contributed by atoms with Gasteiger partial charge in [0.25, 0.3) is 0 Å². The number of hydrogen-bond acceptors (Lipinski definition) is 3. The largest absolute Gasteiger partial charge is 0.381 e. The van der Waals surface area contributed by atoms with Gasteiger partial charge >= 0.3 is 0 Å². The smallest absolute Gasteiger partial charge is 0.126 e. The molecule has 0 atom stereocenters. The van der Waals surface area contributed by atoms with Gasteiger partial charge in [0.05, 0.1) is 0 Å². The second kappa shape index (κ2) is 4.83. The molecule has 0 bridgehead atoms. The van der Waals surface area contributed by atoms with E-state index < -0.39 is 0 Å². The highest BCUT2D eigenvalue weighted by Crippen LogP contribution is 2.29. The lowest BCUT2D eigenvalue weighted by Gasteiger charge is -2.33. The molecule has 0 aliphatic carbocycles. The molecular weight excluding hydrogens is 200 g/mol. The van der Waals surface area contributed by atoms with E-state index in [-0.39, 0.29) is 0 Å². The molecule has 1 aliphatic heterocycles. The van der Waals surface area contributed by atoms with Crippen LogP contribution in [0.5, 0.6) is 0 Å². The first-order valence-corrected chi connectivity index (χ1v) is 5.93. The highest BCUT2D eigenvalue weighted by Gasteiger charge is 2.26. The van der Waals surface area contributed by atoms with Gasteiger partial charge in [-0.1, -0.05) is 13.0 Å². The summed E-state index contributed by atoms with van der Waals surface area (Å²) < 4.78 is 5.39. The summed E-state index contributed by atoms with van der Waals surface area (Å²) in [5, 5.41) is 3.43. The second-order valence-electron chi connectivity index (χ2n) is 4.94. The zero-order chi connectivity index (χ0) is 11.4. The van der Waals surface area contributed by atoms with Crippen LogP contribution in [0.15, 0.2) is 18.2 Å². The van der Waals surface area contributed by atoms with Crippen molar-refractivity contribution in [1.29, 1.82) is 0 Å². The quantitative estimate of drug-likeness (QED) is 0.850. The number of nitrogens with zero attached hydrogens (tertiary/aromatic N) is 1. The summed E-state index contributed by atoms with van der Waals surface area (Å²) in [6.45, 7) is 7.09. The molecule has 1 N–H and O–H groups in total. The Hall–Kier alpha value is -1.09. The van der Waals surface area contributed by atoms with Crippen molar-refractivity contribution in [2.45, 2.75) is 26.7 Å². The van der Waals surface area contributed by atoms with Gasteiger partial charge in [-0.3, -0.25) is 0 Å². The van der Waals surface area contributed by atoms with Crippen LogP contribution in [0.2, 0.25) is 0 Å². The second-order valence-corrected chi connectivity index (χ2v) is 4.94. The number of pyridine rings is 1. The summed E-state index contributed by atoms with van der Waals surface area (Å²) in [7, 11) is 0. The molecule has 1 aliphatic rings. The number of aromatic nitrogens is 1. The summed E-state index contributed by atoms with van der Waals surface area (Å²) in [6, 6.07) is 6.08. The van der Waals surface area contributed by atoms with Crippen molar-refractivity contribution in [3.63, 3.8) is 0 Å². The molecule has 2 rings (SSSR count). The zero-order valence-corrected chi connectivity index (χ0v) is 10.1. The molecule has 1 saturated heterocycles. The molecule has 3 heteroatoms. The molecule has 16 heavy (non-hydrogen) atoms. The van der Waals surface area contributed by atoms with E-state index in [4.69, 9.17) is 4.74 Å². The first kappa shape index (κ1) is 11.4. The van der Waals surface area contributed by atoms with Crippen LogP contribution >= 0.6 is 0 Å². The van der Waals surface area contributed by atoms with E-state index in [0.29, 0.717) is 5.41 Å². The molecule has 88 valence electrons. The van der Waals surface area contributed by atoms with E-state index >= 15 is 0 Å². The lowest BCUT2D eigenvalue weighted by atomic mass is 9.82. The van der Waals surface area contributed by atoms with Crippen LogP contribution < -0.4 is 5.32 Å². The molecule has 0 amide bonds. The SMILES string of the molecule is Cc1cccc(NCC2(C)CCOCC2)n1. The Balaban J connectivity index is 1.91. The molecule has 1 aromatic heterocycles. The summed E-state index contributed by atoms with van der Waals surface area (Å²) in [6.07, 6.45) is 2.26. The summed E-state index contributed by atoms with van der Waals surface area (Å²) in [4.78, 5) is 4.45. The van der Waals surface area contributed by atoms with Crippen molar-refractivity contribution in [3.8, 4) is 0 Å². The van der Waals surface area contributed by atoms with Gasteiger partial charge in [0.2, 0.25) is 0 Å². The number of ether oxygens (including phenoxy) is 1. The number of nitrogens with one attached hydrogen (secondary N) is 1. The predicted octanol–water partition coefficient (Wildman–Crippen LogP) is 2.62. The molecular formula is C13H20N2O. The maximum Gasteiger partial charge on any atom is 0.126 e. The van der Waals surface area contributed by atoms with Crippen LogP contribution in [0.25, 0.3) is 0 Å². The minimum absolute atomic E-state index is 0.351. The van der Waals surface area contributed by atoms with Crippen LogP contribution in [-0.4, -0.2) is 24.7 Å². The topological polar surface area (TPSA) is 34.1 Å². The van der Waals surface area contributed by atoms with Crippen LogP contribution in [-0.2, 0) is 4.74 Å². The highest BCUT2D eigenvalue weighted by molar-refractivity contribution is 5.35. The van der Waals surface area contributed by atoms with Crippen molar-refractivity contribution in [2.75, 3.05) is 25.1 Å². The number of anilines is 1. The maximum atomic E-state index is 5.39. The summed E-state index contributed by atoms with van der Waals surface area (Å²) in [5.41, 5.74) is 1.41. The molecule has 0 unspecified atom stereocenters. The molecule has 3 nitrogen and oxygen atoms in total. The Bertz CT molecular complexity index is 346. The molecule has 0 spiro atoms. The van der Waals surface area contributed by atoms with Crippen LogP contribution in [0, 0.1) is 12.3 Å². The van der Waals surface area contributed by atoms with Gasteiger partial charge < -0.3 is 10.1 Å². The first-order valence-electron chi connectivity index (χ1n) is 5.93. The average Bonchev–Trinajstić information content (AvgIpc) is 2.28. The van der Waals surface area contributed by atoms with Crippen molar-refractivity contribution >= 4 is 5.82 Å². The molecule has 2 heterocycles. The Morgan fingerprint density at radius 1 is 1.38 bits per heavy atom. The lowest BCUT2D eigenvalue weighted by molar-refractivity contribution is 0.0300. The lowest BCUT2D eigenvalue weighted by Crippen LogP contribution is -2.33. The Kier molecular flexibility index (Phi) is 3.44. The van der Waals surface area contributed by atoms with Crippen molar-refractivity contribution in [1.82, 2.24) is 4.98 Å². The van der Waals surface area contributed by atoms with Crippen LogP contribution in [0.1, 0.15) is 25.5 Å². The number of rotatable bonds is 3. The van der Waals surface area contributed by atoms with Gasteiger partial charge in [0, 0.05) is 25.5 Å². The van der Waals surface area contributed by atoms with Crippen molar-refractivity contribution in [3.05, 3.63) is 23.9 Å². The average molecular weight is 220 g/mol. The van der Waals surface area contributed by atoms with Gasteiger partial charge in [-0.15, -0.1) is 0 Å². The van der Waals surface area contributed by atoms with Crippen molar-refractivity contribution < 1.29 is 4.74 Å². The maximum absolute atomic E-state index is 5.39. The van der Waals surface area contributed by atoms with E-state index in [2.05, 4.69) is 17.2 Å². The molecule has 1 aromatic rings. The Morgan fingerprint density at radius 3 is 2.81 bits per heavy atom. The minimum atomic E-state index is 0.351. The van der Waals surface area contributed by atoms with Gasteiger partial charge in [-0.25, -0.2) is 4.98 Å². The third kappa shape index (κ3) is 2.95. The Morgan fingerprint density at radius 2 is 2.12 bits per heavy atom. The molecule has 0 saturated carbocycles. The van der Waals surface area contributed by atoms with Gasteiger partial charge in [0.15, 0.2) is 0 Å². The molecule has 0 aromatic carbocycles. The van der Waals surface area contributed by atoms with E-state index in [1.54, 1.807) is 0 Å². The molecule has 1 fully saturated rings. The normalized spacial score (nSPS) is 19.4. The van der Waals surface area contributed by atoms with Gasteiger partial charge in [-0.05, 0) is 37.3 Å². The third-order valence-corrected chi connectivity index (χ3v) is 3.28. The standard InChI is InChI=1S/C13H20N2O/c1-11-4-3-5-12(15-11)14-10-13(2)6-8-16-9-7-13/h3-5H,6-10H2,1-2H3,(H,14,15). The van der Waals surface area contributed by atoms with Crippen molar-refractivity contribution in [2.24, 2.45) is 5.41 Å². The van der Waals surface area contributed by atoms with Crippen LogP contribution in [0.4, 0.5) is 5.82 Å². The third-order valence-electron chi connectivity index (χ3n) is 3.28. The fourth-order valence-electron chi connectivity index (χ4n) is 1.99. The zero-order valence-electron chi connectivity index (χ0n) is 10.1. The first-order chi connectivity index (χ1) is 7.68. The van der Waals surface area contributed by atoms with E-state index in [0.717, 1.165) is 44.1 Å². The van der Waals surface area contributed by atoms with Crippen LogP contribution in [0.3, 0.4) is 0 Å². The number of aryl methyl sites for hydroxylation is 1. The van der Waals surface area contributed by atoms with E-state index in [1.165, 1.54) is 0 Å². The van der Waals surface area contributed by atoms with Gasteiger partial charge in [0.1, 0.15) is 5.82 Å². The minimum Gasteiger partial charge on any atom is -0.381 e.